The van der Waals surface area contributed by atoms with Crippen LogP contribution >= 0.6 is 11.3 Å². The molecule has 2 aromatic rings. The molecule has 0 aliphatic heterocycles. The van der Waals surface area contributed by atoms with Crippen LogP contribution < -0.4 is 0 Å². The zero-order chi connectivity index (χ0) is 14.9. The van der Waals surface area contributed by atoms with Crippen molar-refractivity contribution < 1.29 is 19.4 Å². The predicted molar refractivity (Wildman–Crippen MR) is 68.9 cm³/mol. The van der Waals surface area contributed by atoms with E-state index >= 15 is 0 Å². The summed E-state index contributed by atoms with van der Waals surface area (Å²) in [6.07, 6.45) is 0. The monoisotopic (exact) mass is 297 g/mol. The molecule has 10 heteroatoms. The van der Waals surface area contributed by atoms with Gasteiger partial charge in [0.2, 0.25) is 5.01 Å². The lowest BCUT2D eigenvalue weighted by atomic mass is 10.2. The smallest absolute Gasteiger partial charge is 0.367 e. The lowest BCUT2D eigenvalue weighted by Gasteiger charge is -1.94. The number of thiazole rings is 1. The highest BCUT2D eigenvalue weighted by Crippen LogP contribution is 2.35. The van der Waals surface area contributed by atoms with Gasteiger partial charge in [0.1, 0.15) is 4.70 Å². The van der Waals surface area contributed by atoms with Crippen LogP contribution in [0, 0.1) is 20.2 Å². The van der Waals surface area contributed by atoms with Crippen molar-refractivity contribution in [2.45, 2.75) is 6.92 Å². The highest BCUT2D eigenvalue weighted by atomic mass is 32.1. The van der Waals surface area contributed by atoms with Crippen LogP contribution in [0.15, 0.2) is 12.1 Å². The summed E-state index contributed by atoms with van der Waals surface area (Å²) < 4.78 is 4.84. The molecule has 0 fully saturated rings. The number of fused-ring (bicyclic) bond motifs is 1. The summed E-state index contributed by atoms with van der Waals surface area (Å²) in [4.78, 5) is 35.6. The Hall–Kier alpha value is -2.62. The SMILES string of the molecule is CCOC(=O)c1nc2cc([N+](=O)[O-])cc([N+](=O)[O-])c2s1. The van der Waals surface area contributed by atoms with Crippen molar-refractivity contribution in [1.29, 1.82) is 0 Å². The van der Waals surface area contributed by atoms with E-state index in [1.54, 1.807) is 6.92 Å². The largest absolute Gasteiger partial charge is 0.461 e. The number of nitrogens with zero attached hydrogens (tertiary/aromatic N) is 3. The van der Waals surface area contributed by atoms with Crippen LogP contribution in [-0.4, -0.2) is 27.4 Å². The lowest BCUT2D eigenvalue weighted by molar-refractivity contribution is -0.392. The normalized spacial score (nSPS) is 10.4. The summed E-state index contributed by atoms with van der Waals surface area (Å²) >= 11 is 0.771. The Kier molecular flexibility index (Phi) is 3.57. The summed E-state index contributed by atoms with van der Waals surface area (Å²) in [5, 5.41) is 21.6. The molecule has 0 radical (unpaired) electrons. The number of esters is 1. The van der Waals surface area contributed by atoms with Gasteiger partial charge in [-0.2, -0.15) is 0 Å². The fourth-order valence-corrected chi connectivity index (χ4v) is 2.45. The number of non-ortho nitro benzene ring substituents is 2. The van der Waals surface area contributed by atoms with Crippen LogP contribution in [0.4, 0.5) is 11.4 Å². The minimum atomic E-state index is -0.754. The van der Waals surface area contributed by atoms with Gasteiger partial charge in [-0.25, -0.2) is 9.78 Å². The Labute approximate surface area is 115 Å². The van der Waals surface area contributed by atoms with Gasteiger partial charge in [0.05, 0.1) is 28.0 Å². The molecule has 0 unspecified atom stereocenters. The van der Waals surface area contributed by atoms with E-state index in [2.05, 4.69) is 4.98 Å². The summed E-state index contributed by atoms with van der Waals surface area (Å²) in [6.45, 7) is 1.75. The van der Waals surface area contributed by atoms with E-state index in [0.29, 0.717) is 0 Å². The third-order valence-corrected chi connectivity index (χ3v) is 3.39. The number of hydrogen-bond acceptors (Lipinski definition) is 8. The van der Waals surface area contributed by atoms with E-state index in [0.717, 1.165) is 23.5 Å². The molecule has 20 heavy (non-hydrogen) atoms. The Balaban J connectivity index is 2.65. The molecular weight excluding hydrogens is 290 g/mol. The fraction of sp³-hybridized carbons (Fsp3) is 0.200. The molecule has 0 saturated heterocycles. The van der Waals surface area contributed by atoms with Crippen molar-refractivity contribution in [3.05, 3.63) is 37.4 Å². The van der Waals surface area contributed by atoms with Crippen molar-refractivity contribution in [2.24, 2.45) is 0 Å². The van der Waals surface area contributed by atoms with E-state index in [9.17, 15) is 25.0 Å². The number of carbonyl (C=O) groups excluding carboxylic acids is 1. The molecule has 0 amide bonds. The number of benzene rings is 1. The summed E-state index contributed by atoms with van der Waals surface area (Å²) in [6, 6.07) is 1.93. The molecule has 1 heterocycles. The minimum absolute atomic E-state index is 0.0268. The number of rotatable bonds is 4. The van der Waals surface area contributed by atoms with Crippen LogP contribution in [0.3, 0.4) is 0 Å². The van der Waals surface area contributed by atoms with E-state index in [-0.39, 0.29) is 21.8 Å². The number of hydrogen-bond donors (Lipinski definition) is 0. The number of ether oxygens (including phenoxy) is 1. The third kappa shape index (κ3) is 2.40. The molecular formula is C10H7N3O6S. The first-order valence-electron chi connectivity index (χ1n) is 5.34. The van der Waals surface area contributed by atoms with Crippen molar-refractivity contribution in [3.63, 3.8) is 0 Å². The van der Waals surface area contributed by atoms with E-state index < -0.39 is 27.2 Å². The standard InChI is InChI=1S/C10H7N3O6S/c1-2-19-10(14)9-11-6-3-5(12(15)16)4-7(13(17)18)8(6)20-9/h3-4H,2H2,1H3. The maximum Gasteiger partial charge on any atom is 0.367 e. The van der Waals surface area contributed by atoms with Crippen molar-refractivity contribution in [3.8, 4) is 0 Å². The molecule has 2 rings (SSSR count). The zero-order valence-corrected chi connectivity index (χ0v) is 10.9. The Morgan fingerprint density at radius 1 is 1.35 bits per heavy atom. The highest BCUT2D eigenvalue weighted by molar-refractivity contribution is 7.20. The van der Waals surface area contributed by atoms with Gasteiger partial charge in [-0.1, -0.05) is 11.3 Å². The number of carbonyl (C=O) groups is 1. The Morgan fingerprint density at radius 3 is 2.60 bits per heavy atom. The van der Waals surface area contributed by atoms with Gasteiger partial charge in [-0.05, 0) is 6.92 Å². The molecule has 0 atom stereocenters. The molecule has 0 spiro atoms. The molecule has 0 N–H and O–H groups in total. The molecule has 0 aliphatic rings. The lowest BCUT2D eigenvalue weighted by Crippen LogP contribution is -2.03. The predicted octanol–water partition coefficient (Wildman–Crippen LogP) is 2.29. The van der Waals surface area contributed by atoms with Gasteiger partial charge in [0.15, 0.2) is 0 Å². The van der Waals surface area contributed by atoms with Gasteiger partial charge in [-0.15, -0.1) is 0 Å². The van der Waals surface area contributed by atoms with Gasteiger partial charge >= 0.3 is 5.97 Å². The first kappa shape index (κ1) is 13.8. The topological polar surface area (TPSA) is 125 Å². The molecule has 104 valence electrons. The highest BCUT2D eigenvalue weighted by Gasteiger charge is 2.24. The second kappa shape index (κ2) is 5.17. The van der Waals surface area contributed by atoms with Gasteiger partial charge in [0.25, 0.3) is 11.4 Å². The van der Waals surface area contributed by atoms with Gasteiger partial charge in [0, 0.05) is 6.07 Å². The summed E-state index contributed by atoms with van der Waals surface area (Å²) in [7, 11) is 0. The van der Waals surface area contributed by atoms with E-state index in [4.69, 9.17) is 4.74 Å². The number of aromatic nitrogens is 1. The Bertz CT molecular complexity index is 725. The molecule has 9 nitrogen and oxygen atoms in total. The molecule has 0 aliphatic carbocycles. The van der Waals surface area contributed by atoms with Crippen LogP contribution in [0.5, 0.6) is 0 Å². The average Bonchev–Trinajstić information content (AvgIpc) is 2.81. The quantitative estimate of drug-likeness (QED) is 0.481. The minimum Gasteiger partial charge on any atom is -0.461 e. The van der Waals surface area contributed by atoms with Gasteiger partial charge < -0.3 is 4.74 Å². The van der Waals surface area contributed by atoms with Crippen LogP contribution in [0.1, 0.15) is 16.7 Å². The average molecular weight is 297 g/mol. The second-order valence-corrected chi connectivity index (χ2v) is 4.57. The summed E-state index contributed by atoms with van der Waals surface area (Å²) in [5.41, 5.74) is -0.883. The van der Waals surface area contributed by atoms with Gasteiger partial charge in [-0.3, -0.25) is 20.2 Å². The van der Waals surface area contributed by atoms with Crippen molar-refractivity contribution in [1.82, 2.24) is 4.98 Å². The molecule has 1 aromatic heterocycles. The maximum absolute atomic E-state index is 11.5. The third-order valence-electron chi connectivity index (χ3n) is 2.31. The van der Waals surface area contributed by atoms with Crippen LogP contribution in [0.2, 0.25) is 0 Å². The van der Waals surface area contributed by atoms with E-state index in [1.807, 2.05) is 0 Å². The molecule has 0 bridgehead atoms. The van der Waals surface area contributed by atoms with Crippen LogP contribution in [0.25, 0.3) is 10.2 Å². The first-order valence-corrected chi connectivity index (χ1v) is 6.16. The van der Waals surface area contributed by atoms with Crippen molar-refractivity contribution >= 4 is 38.9 Å². The summed E-state index contributed by atoms with van der Waals surface area (Å²) in [5.74, 6) is -0.717. The van der Waals surface area contributed by atoms with E-state index in [1.165, 1.54) is 0 Å². The second-order valence-electron chi connectivity index (χ2n) is 3.57. The fourth-order valence-electron chi connectivity index (χ4n) is 1.52. The number of nitro groups is 2. The van der Waals surface area contributed by atoms with Crippen molar-refractivity contribution in [2.75, 3.05) is 6.61 Å². The van der Waals surface area contributed by atoms with Crippen LogP contribution in [-0.2, 0) is 4.74 Å². The first-order chi connectivity index (χ1) is 9.43. The maximum atomic E-state index is 11.5. The Morgan fingerprint density at radius 2 is 2.05 bits per heavy atom. The molecule has 1 aromatic carbocycles. The number of nitro benzene ring substituents is 2. The zero-order valence-electron chi connectivity index (χ0n) is 10.1. The molecule has 0 saturated carbocycles.